The molecule has 0 unspecified atom stereocenters. The van der Waals surface area contributed by atoms with Gasteiger partial charge in [0.05, 0.1) is 5.69 Å². The molecular formula is C11H14N2O3S3. The lowest BCUT2D eigenvalue weighted by Crippen LogP contribution is -2.11. The molecule has 2 aromatic heterocycles. The number of nitrogens with one attached hydrogen (secondary N) is 1. The number of rotatable bonds is 5. The maximum atomic E-state index is 12.1. The van der Waals surface area contributed by atoms with Crippen molar-refractivity contribution in [2.75, 3.05) is 11.3 Å². The fourth-order valence-corrected chi connectivity index (χ4v) is 4.82. The second-order valence-electron chi connectivity index (χ2n) is 3.96. The van der Waals surface area contributed by atoms with Gasteiger partial charge in [-0.1, -0.05) is 0 Å². The van der Waals surface area contributed by atoms with Crippen LogP contribution in [-0.2, 0) is 16.4 Å². The van der Waals surface area contributed by atoms with E-state index in [-0.39, 0.29) is 10.8 Å². The lowest BCUT2D eigenvalue weighted by Gasteiger charge is -2.01. The molecular weight excluding hydrogens is 304 g/mol. The van der Waals surface area contributed by atoms with Crippen LogP contribution in [0.3, 0.4) is 0 Å². The van der Waals surface area contributed by atoms with Gasteiger partial charge in [0.1, 0.15) is 4.21 Å². The molecule has 0 saturated heterocycles. The van der Waals surface area contributed by atoms with E-state index in [1.165, 1.54) is 11.3 Å². The number of hydrogen-bond donors (Lipinski definition) is 2. The summed E-state index contributed by atoms with van der Waals surface area (Å²) in [4.78, 5) is 5.99. The van der Waals surface area contributed by atoms with Crippen LogP contribution in [0, 0.1) is 13.8 Å². The van der Waals surface area contributed by atoms with Crippen molar-refractivity contribution in [1.29, 1.82) is 0 Å². The van der Waals surface area contributed by atoms with Crippen LogP contribution < -0.4 is 4.72 Å². The van der Waals surface area contributed by atoms with Gasteiger partial charge in [-0.25, -0.2) is 13.4 Å². The maximum absolute atomic E-state index is 12.1. The molecule has 0 aliphatic carbocycles. The number of hydrogen-bond acceptors (Lipinski definition) is 6. The molecule has 104 valence electrons. The van der Waals surface area contributed by atoms with E-state index in [0.29, 0.717) is 11.6 Å². The van der Waals surface area contributed by atoms with Crippen molar-refractivity contribution in [2.24, 2.45) is 0 Å². The summed E-state index contributed by atoms with van der Waals surface area (Å²) >= 11 is 2.48. The Balaban J connectivity index is 2.21. The summed E-state index contributed by atoms with van der Waals surface area (Å²) in [7, 11) is -3.58. The van der Waals surface area contributed by atoms with Crippen molar-refractivity contribution in [3.8, 4) is 0 Å². The SMILES string of the molecule is Cc1nc(NS(=O)(=O)c2ccc(CCO)s2)sc1C. The predicted molar refractivity (Wildman–Crippen MR) is 77.5 cm³/mol. The first-order valence-electron chi connectivity index (χ1n) is 5.59. The van der Waals surface area contributed by atoms with Crippen molar-refractivity contribution in [3.63, 3.8) is 0 Å². The second kappa shape index (κ2) is 5.58. The minimum Gasteiger partial charge on any atom is -0.396 e. The summed E-state index contributed by atoms with van der Waals surface area (Å²) in [5.74, 6) is 0. The van der Waals surface area contributed by atoms with E-state index in [1.54, 1.807) is 12.1 Å². The summed E-state index contributed by atoms with van der Waals surface area (Å²) < 4.78 is 27.0. The van der Waals surface area contributed by atoms with Crippen LogP contribution in [0.25, 0.3) is 0 Å². The summed E-state index contributed by atoms with van der Waals surface area (Å²) in [6, 6.07) is 3.26. The first-order valence-corrected chi connectivity index (χ1v) is 8.70. The van der Waals surface area contributed by atoms with E-state index in [1.807, 2.05) is 13.8 Å². The Hall–Kier alpha value is -0.960. The van der Waals surface area contributed by atoms with Crippen LogP contribution in [0.4, 0.5) is 5.13 Å². The number of anilines is 1. The third-order valence-electron chi connectivity index (χ3n) is 2.51. The molecule has 5 nitrogen and oxygen atoms in total. The number of thiophene rings is 1. The molecule has 0 aliphatic heterocycles. The highest BCUT2D eigenvalue weighted by Gasteiger charge is 2.19. The topological polar surface area (TPSA) is 79.3 Å². The first-order chi connectivity index (χ1) is 8.92. The summed E-state index contributed by atoms with van der Waals surface area (Å²) in [5, 5.41) is 9.22. The fraction of sp³-hybridized carbons (Fsp3) is 0.364. The van der Waals surface area contributed by atoms with Crippen LogP contribution in [-0.4, -0.2) is 25.1 Å². The lowest BCUT2D eigenvalue weighted by atomic mass is 10.4. The summed E-state index contributed by atoms with van der Waals surface area (Å²) in [6.07, 6.45) is 0.468. The number of aliphatic hydroxyl groups is 1. The molecule has 0 radical (unpaired) electrons. The predicted octanol–water partition coefficient (Wildman–Crippen LogP) is 2.16. The number of aryl methyl sites for hydroxylation is 2. The fourth-order valence-electron chi connectivity index (χ4n) is 1.43. The average Bonchev–Trinajstić information content (AvgIpc) is 2.88. The molecule has 0 fully saturated rings. The smallest absolute Gasteiger partial charge is 0.273 e. The number of thiazole rings is 1. The Kier molecular flexibility index (Phi) is 4.24. The number of sulfonamides is 1. The quantitative estimate of drug-likeness (QED) is 0.885. The minimum absolute atomic E-state index is 0.0122. The zero-order valence-electron chi connectivity index (χ0n) is 10.5. The van der Waals surface area contributed by atoms with Crippen LogP contribution in [0.2, 0.25) is 0 Å². The Morgan fingerprint density at radius 1 is 1.32 bits per heavy atom. The molecule has 0 aliphatic rings. The largest absolute Gasteiger partial charge is 0.396 e. The average molecular weight is 318 g/mol. The Bertz CT molecular complexity index is 654. The van der Waals surface area contributed by atoms with Gasteiger partial charge in [-0.15, -0.1) is 22.7 Å². The van der Waals surface area contributed by atoms with Crippen molar-refractivity contribution in [3.05, 3.63) is 27.6 Å². The van der Waals surface area contributed by atoms with Crippen molar-refractivity contribution in [2.45, 2.75) is 24.5 Å². The van der Waals surface area contributed by atoms with Gasteiger partial charge in [0.15, 0.2) is 5.13 Å². The summed E-state index contributed by atoms with van der Waals surface area (Å²) in [6.45, 7) is 3.75. The van der Waals surface area contributed by atoms with Crippen molar-refractivity contribution < 1.29 is 13.5 Å². The van der Waals surface area contributed by atoms with E-state index in [4.69, 9.17) is 5.11 Å². The molecule has 0 bridgehead atoms. The van der Waals surface area contributed by atoms with Gasteiger partial charge in [0.25, 0.3) is 10.0 Å². The molecule has 19 heavy (non-hydrogen) atoms. The Labute approximate surface area is 120 Å². The van der Waals surface area contributed by atoms with Gasteiger partial charge in [-0.05, 0) is 26.0 Å². The maximum Gasteiger partial charge on any atom is 0.273 e. The minimum atomic E-state index is -3.58. The first kappa shape index (κ1) is 14.4. The van der Waals surface area contributed by atoms with Crippen LogP contribution in [0.15, 0.2) is 16.3 Å². The van der Waals surface area contributed by atoms with Gasteiger partial charge >= 0.3 is 0 Å². The standard InChI is InChI=1S/C11H14N2O3S3/c1-7-8(2)17-11(12-7)13-19(15,16)10-4-3-9(18-10)5-6-14/h3-4,14H,5-6H2,1-2H3,(H,12,13). The van der Waals surface area contributed by atoms with Crippen molar-refractivity contribution in [1.82, 2.24) is 4.98 Å². The monoisotopic (exact) mass is 318 g/mol. The van der Waals surface area contributed by atoms with E-state index < -0.39 is 10.0 Å². The molecule has 8 heteroatoms. The molecule has 2 heterocycles. The van der Waals surface area contributed by atoms with Gasteiger partial charge in [0.2, 0.25) is 0 Å². The third kappa shape index (κ3) is 3.33. The highest BCUT2D eigenvalue weighted by atomic mass is 32.2. The van der Waals surface area contributed by atoms with Gasteiger partial charge in [-0.3, -0.25) is 4.72 Å². The third-order valence-corrected chi connectivity index (χ3v) is 6.60. The zero-order chi connectivity index (χ0) is 14.0. The molecule has 2 N–H and O–H groups in total. The van der Waals surface area contributed by atoms with Crippen molar-refractivity contribution >= 4 is 37.8 Å². The van der Waals surface area contributed by atoms with Gasteiger partial charge < -0.3 is 5.11 Å². The molecule has 0 atom stereocenters. The normalized spacial score (nSPS) is 11.7. The molecule has 2 rings (SSSR count). The lowest BCUT2D eigenvalue weighted by molar-refractivity contribution is 0.300. The van der Waals surface area contributed by atoms with Crippen LogP contribution in [0.5, 0.6) is 0 Å². The van der Waals surface area contributed by atoms with Gasteiger partial charge in [-0.2, -0.15) is 0 Å². The van der Waals surface area contributed by atoms with E-state index in [2.05, 4.69) is 9.71 Å². The Morgan fingerprint density at radius 3 is 2.63 bits per heavy atom. The second-order valence-corrected chi connectivity index (χ2v) is 8.24. The zero-order valence-corrected chi connectivity index (χ0v) is 13.0. The summed E-state index contributed by atoms with van der Waals surface area (Å²) in [5.41, 5.74) is 0.829. The molecule has 0 aromatic carbocycles. The highest BCUT2D eigenvalue weighted by molar-refractivity contribution is 7.94. The molecule has 2 aromatic rings. The van der Waals surface area contributed by atoms with Crippen LogP contribution in [0.1, 0.15) is 15.4 Å². The molecule has 0 amide bonds. The van der Waals surface area contributed by atoms with E-state index in [0.717, 1.165) is 26.8 Å². The highest BCUT2D eigenvalue weighted by Crippen LogP contribution is 2.27. The van der Waals surface area contributed by atoms with Crippen LogP contribution >= 0.6 is 22.7 Å². The van der Waals surface area contributed by atoms with E-state index in [9.17, 15) is 8.42 Å². The Morgan fingerprint density at radius 2 is 2.05 bits per heavy atom. The van der Waals surface area contributed by atoms with E-state index >= 15 is 0 Å². The van der Waals surface area contributed by atoms with Gasteiger partial charge in [0, 0.05) is 22.8 Å². The number of aliphatic hydroxyl groups excluding tert-OH is 1. The number of aromatic nitrogens is 1. The molecule has 0 saturated carbocycles. The molecule has 0 spiro atoms. The number of nitrogens with zero attached hydrogens (tertiary/aromatic N) is 1.